The highest BCUT2D eigenvalue weighted by Gasteiger charge is 2.42. The Morgan fingerprint density at radius 3 is 2.07 bits per heavy atom. The van der Waals surface area contributed by atoms with Crippen LogP contribution < -0.4 is 0 Å². The Morgan fingerprint density at radius 1 is 1.00 bits per heavy atom. The molecule has 142 valence electrons. The van der Waals surface area contributed by atoms with E-state index in [1.54, 1.807) is 48.5 Å². The van der Waals surface area contributed by atoms with E-state index in [4.69, 9.17) is 9.47 Å². The van der Waals surface area contributed by atoms with Crippen molar-refractivity contribution in [3.05, 3.63) is 71.8 Å². The summed E-state index contributed by atoms with van der Waals surface area (Å²) < 4.78 is 10.3. The molecule has 0 aliphatic heterocycles. The summed E-state index contributed by atoms with van der Waals surface area (Å²) >= 11 is 0. The number of hydrogen-bond acceptors (Lipinski definition) is 6. The SMILES string of the molecule is CC(=O)OC(CC(O)(C(=O)O)c1ccccc1)OCC(=O)c1ccccc1. The van der Waals surface area contributed by atoms with Crippen molar-refractivity contribution in [2.24, 2.45) is 0 Å². The number of ketones is 1. The van der Waals surface area contributed by atoms with Crippen molar-refractivity contribution in [3.8, 4) is 0 Å². The smallest absolute Gasteiger partial charge is 0.340 e. The van der Waals surface area contributed by atoms with E-state index in [9.17, 15) is 24.6 Å². The van der Waals surface area contributed by atoms with E-state index >= 15 is 0 Å². The number of benzene rings is 2. The van der Waals surface area contributed by atoms with Crippen LogP contribution in [0.2, 0.25) is 0 Å². The summed E-state index contributed by atoms with van der Waals surface area (Å²) in [6.07, 6.45) is -2.00. The number of Topliss-reactive ketones (excluding diaryl/α,β-unsaturated/α-hetero) is 1. The van der Waals surface area contributed by atoms with Crippen molar-refractivity contribution >= 4 is 17.7 Å². The molecule has 7 heteroatoms. The standard InChI is InChI=1S/C20H20O7/c1-14(21)27-18(26-13-17(22)15-8-4-2-5-9-15)12-20(25,19(23)24)16-10-6-3-7-11-16/h2-11,18,25H,12-13H2,1H3,(H,23,24). The monoisotopic (exact) mass is 372 g/mol. The van der Waals surface area contributed by atoms with E-state index in [2.05, 4.69) is 0 Å². The lowest BCUT2D eigenvalue weighted by Gasteiger charge is -2.28. The van der Waals surface area contributed by atoms with Gasteiger partial charge in [-0.15, -0.1) is 0 Å². The van der Waals surface area contributed by atoms with Gasteiger partial charge in [0.05, 0.1) is 6.42 Å². The largest absolute Gasteiger partial charge is 0.479 e. The Balaban J connectivity index is 2.16. The van der Waals surface area contributed by atoms with E-state index < -0.39 is 36.9 Å². The van der Waals surface area contributed by atoms with Crippen molar-refractivity contribution in [1.29, 1.82) is 0 Å². The van der Waals surface area contributed by atoms with Gasteiger partial charge in [0.15, 0.2) is 11.4 Å². The normalized spacial score (nSPS) is 14.0. The molecule has 0 aliphatic rings. The maximum atomic E-state index is 12.2. The van der Waals surface area contributed by atoms with Gasteiger partial charge >= 0.3 is 11.9 Å². The number of hydrogen-bond donors (Lipinski definition) is 2. The van der Waals surface area contributed by atoms with Gasteiger partial charge in [0.2, 0.25) is 6.29 Å². The predicted molar refractivity (Wildman–Crippen MR) is 94.9 cm³/mol. The summed E-state index contributed by atoms with van der Waals surface area (Å²) in [5, 5.41) is 20.2. The molecule has 0 heterocycles. The molecule has 27 heavy (non-hydrogen) atoms. The van der Waals surface area contributed by atoms with Crippen molar-refractivity contribution in [2.75, 3.05) is 6.61 Å². The average Bonchev–Trinajstić information content (AvgIpc) is 2.66. The van der Waals surface area contributed by atoms with Crippen molar-refractivity contribution in [1.82, 2.24) is 0 Å². The van der Waals surface area contributed by atoms with Crippen molar-refractivity contribution in [3.63, 3.8) is 0 Å². The summed E-state index contributed by atoms with van der Waals surface area (Å²) in [6, 6.07) is 16.0. The molecule has 0 spiro atoms. The summed E-state index contributed by atoms with van der Waals surface area (Å²) in [5.74, 6) is -2.62. The lowest BCUT2D eigenvalue weighted by molar-refractivity contribution is -0.195. The van der Waals surface area contributed by atoms with E-state index in [0.717, 1.165) is 6.92 Å². The van der Waals surface area contributed by atoms with Gasteiger partial charge in [0.1, 0.15) is 6.61 Å². The van der Waals surface area contributed by atoms with Crippen LogP contribution in [0.1, 0.15) is 29.3 Å². The number of carboxylic acids is 1. The fourth-order valence-electron chi connectivity index (χ4n) is 2.48. The quantitative estimate of drug-likeness (QED) is 0.394. The Bertz CT molecular complexity index is 788. The van der Waals surface area contributed by atoms with Crippen molar-refractivity contribution in [2.45, 2.75) is 25.2 Å². The predicted octanol–water partition coefficient (Wildman–Crippen LogP) is 2.14. The summed E-state index contributed by atoms with van der Waals surface area (Å²) in [7, 11) is 0. The van der Waals surface area contributed by atoms with Crippen LogP contribution in [-0.4, -0.2) is 40.8 Å². The minimum Gasteiger partial charge on any atom is -0.479 e. The van der Waals surface area contributed by atoms with Crippen molar-refractivity contribution < 1.29 is 34.1 Å². The summed E-state index contributed by atoms with van der Waals surface area (Å²) in [6.45, 7) is 0.685. The first kappa shape index (κ1) is 20.3. The molecule has 2 aromatic rings. The third-order valence-electron chi connectivity index (χ3n) is 3.86. The van der Waals surface area contributed by atoms with Gasteiger partial charge in [-0.3, -0.25) is 9.59 Å². The maximum Gasteiger partial charge on any atom is 0.340 e. The van der Waals surface area contributed by atoms with Crippen LogP contribution >= 0.6 is 0 Å². The number of ether oxygens (including phenoxy) is 2. The van der Waals surface area contributed by atoms with Crippen LogP contribution in [0.15, 0.2) is 60.7 Å². The molecule has 0 radical (unpaired) electrons. The molecule has 2 aromatic carbocycles. The Morgan fingerprint density at radius 2 is 1.56 bits per heavy atom. The highest BCUT2D eigenvalue weighted by atomic mass is 16.7. The molecular formula is C20H20O7. The maximum absolute atomic E-state index is 12.2. The summed E-state index contributed by atoms with van der Waals surface area (Å²) in [5.41, 5.74) is -1.85. The average molecular weight is 372 g/mol. The van der Waals surface area contributed by atoms with Crippen LogP contribution in [0.25, 0.3) is 0 Å². The van der Waals surface area contributed by atoms with E-state index in [1.165, 1.54) is 12.1 Å². The molecule has 2 atom stereocenters. The van der Waals surface area contributed by atoms with Gasteiger partial charge in [0.25, 0.3) is 0 Å². The minimum absolute atomic E-state index is 0.104. The van der Waals surface area contributed by atoms with E-state index in [-0.39, 0.29) is 11.3 Å². The first-order valence-corrected chi connectivity index (χ1v) is 8.21. The molecule has 0 saturated carbocycles. The van der Waals surface area contributed by atoms with Gasteiger partial charge in [0, 0.05) is 12.5 Å². The third kappa shape index (κ3) is 5.47. The molecule has 0 amide bonds. The number of aliphatic carboxylic acids is 1. The molecule has 2 unspecified atom stereocenters. The number of aliphatic hydroxyl groups is 1. The number of esters is 1. The Hall–Kier alpha value is -3.03. The minimum atomic E-state index is -2.35. The highest BCUT2D eigenvalue weighted by Crippen LogP contribution is 2.28. The fraction of sp³-hybridized carbons (Fsp3) is 0.250. The molecule has 0 aliphatic carbocycles. The summed E-state index contributed by atoms with van der Waals surface area (Å²) in [4.78, 5) is 35.2. The Kier molecular flexibility index (Phi) is 6.81. The fourth-order valence-corrected chi connectivity index (χ4v) is 2.48. The second-order valence-electron chi connectivity index (χ2n) is 5.87. The van der Waals surface area contributed by atoms with E-state index in [1.807, 2.05) is 0 Å². The second kappa shape index (κ2) is 9.07. The molecule has 0 fully saturated rings. The van der Waals surface area contributed by atoms with Crippen LogP contribution in [0, 0.1) is 0 Å². The first-order chi connectivity index (χ1) is 12.8. The lowest BCUT2D eigenvalue weighted by atomic mass is 9.90. The number of carbonyl (C=O) groups is 3. The molecule has 7 nitrogen and oxygen atoms in total. The van der Waals surface area contributed by atoms with Crippen LogP contribution in [0.5, 0.6) is 0 Å². The lowest BCUT2D eigenvalue weighted by Crippen LogP contribution is -2.41. The Labute approximate surface area is 156 Å². The van der Waals surface area contributed by atoms with Gasteiger partial charge in [-0.25, -0.2) is 4.79 Å². The zero-order chi connectivity index (χ0) is 19.9. The molecule has 0 saturated heterocycles. The van der Waals surface area contributed by atoms with Gasteiger partial charge in [-0.1, -0.05) is 60.7 Å². The zero-order valence-electron chi connectivity index (χ0n) is 14.7. The van der Waals surface area contributed by atoms with Gasteiger partial charge in [-0.2, -0.15) is 0 Å². The molecule has 2 N–H and O–H groups in total. The number of rotatable bonds is 9. The first-order valence-electron chi connectivity index (χ1n) is 8.21. The van der Waals surface area contributed by atoms with E-state index in [0.29, 0.717) is 5.56 Å². The van der Waals surface area contributed by atoms with Gasteiger partial charge in [-0.05, 0) is 5.56 Å². The molecule has 2 rings (SSSR count). The molecular weight excluding hydrogens is 352 g/mol. The second-order valence-corrected chi connectivity index (χ2v) is 5.87. The zero-order valence-corrected chi connectivity index (χ0v) is 14.7. The van der Waals surface area contributed by atoms with Crippen LogP contribution in [0.3, 0.4) is 0 Å². The molecule has 0 aromatic heterocycles. The number of carbonyl (C=O) groups excluding carboxylic acids is 2. The topological polar surface area (TPSA) is 110 Å². The van der Waals surface area contributed by atoms with Gasteiger partial charge < -0.3 is 19.7 Å². The number of carboxylic acid groups (broad SMARTS) is 1. The van der Waals surface area contributed by atoms with Crippen LogP contribution in [0.4, 0.5) is 0 Å². The van der Waals surface area contributed by atoms with Crippen LogP contribution in [-0.2, 0) is 24.7 Å². The molecule has 0 bridgehead atoms. The highest BCUT2D eigenvalue weighted by molar-refractivity contribution is 5.97. The third-order valence-corrected chi connectivity index (χ3v) is 3.86.